The number of H-pyrrole nitrogens is 1. The van der Waals surface area contributed by atoms with Gasteiger partial charge in [0.25, 0.3) is 0 Å². The molecule has 1 aromatic heterocycles. The fourth-order valence-corrected chi connectivity index (χ4v) is 2.14. The second kappa shape index (κ2) is 5.36. The Bertz CT molecular complexity index is 544. The van der Waals surface area contributed by atoms with E-state index in [1.54, 1.807) is 0 Å². The summed E-state index contributed by atoms with van der Waals surface area (Å²) in [6, 6.07) is 7.91. The van der Waals surface area contributed by atoms with Crippen molar-refractivity contribution in [2.75, 3.05) is 0 Å². The predicted octanol–water partition coefficient (Wildman–Crippen LogP) is 2.69. The zero-order valence-electron chi connectivity index (χ0n) is 10.8. The quantitative estimate of drug-likeness (QED) is 0.851. The summed E-state index contributed by atoms with van der Waals surface area (Å²) in [5.41, 5.74) is 2.03. The first-order valence-electron chi connectivity index (χ1n) is 6.40. The largest absolute Gasteiger partial charge is 0.385 e. The van der Waals surface area contributed by atoms with Gasteiger partial charge in [-0.25, -0.2) is 0 Å². The van der Waals surface area contributed by atoms with Crippen molar-refractivity contribution in [3.63, 3.8) is 0 Å². The normalized spacial score (nSPS) is 14.6. The fourth-order valence-electron chi connectivity index (χ4n) is 2.14. The minimum Gasteiger partial charge on any atom is -0.385 e. The van der Waals surface area contributed by atoms with Crippen LogP contribution in [0, 0.1) is 5.92 Å². The summed E-state index contributed by atoms with van der Waals surface area (Å²) in [4.78, 5) is 15.0. The van der Waals surface area contributed by atoms with Gasteiger partial charge in [0.15, 0.2) is 5.78 Å². The molecule has 1 unspecified atom stereocenters. The highest BCUT2D eigenvalue weighted by molar-refractivity contribution is 5.87. The summed E-state index contributed by atoms with van der Waals surface area (Å²) in [5, 5.41) is 11.1. The average Bonchev–Trinajstić information content (AvgIpc) is 2.80. The van der Waals surface area contributed by atoms with Crippen LogP contribution in [0.5, 0.6) is 0 Å². The minimum absolute atomic E-state index is 0.0669. The fraction of sp³-hybridized carbons (Fsp3) is 0.400. The van der Waals surface area contributed by atoms with Crippen molar-refractivity contribution in [3.8, 4) is 0 Å². The van der Waals surface area contributed by atoms with E-state index in [4.69, 9.17) is 0 Å². The van der Waals surface area contributed by atoms with Gasteiger partial charge < -0.3 is 10.1 Å². The Balaban J connectivity index is 2.16. The lowest BCUT2D eigenvalue weighted by Crippen LogP contribution is -2.28. The maximum atomic E-state index is 11.9. The first-order chi connectivity index (χ1) is 8.63. The summed E-state index contributed by atoms with van der Waals surface area (Å²) >= 11 is 0. The third-order valence-corrected chi connectivity index (χ3v) is 3.51. The highest BCUT2D eigenvalue weighted by atomic mass is 16.3. The molecule has 0 spiro atoms. The number of Topliss-reactive ketones (excluding diaryl/α,β-unsaturated/α-hetero) is 1. The van der Waals surface area contributed by atoms with Crippen LogP contribution in [-0.4, -0.2) is 22.0 Å². The Morgan fingerprint density at radius 1 is 1.39 bits per heavy atom. The predicted molar refractivity (Wildman–Crippen MR) is 72.5 cm³/mol. The number of aliphatic hydroxyl groups is 1. The van der Waals surface area contributed by atoms with Crippen LogP contribution in [0.15, 0.2) is 30.5 Å². The third kappa shape index (κ3) is 2.46. The van der Waals surface area contributed by atoms with Crippen molar-refractivity contribution >= 4 is 16.7 Å². The molecule has 0 amide bonds. The number of benzene rings is 1. The number of aromatic nitrogens is 1. The van der Waals surface area contributed by atoms with Crippen LogP contribution in [0.3, 0.4) is 0 Å². The number of rotatable bonds is 5. The molecular formula is C15H19NO2. The Kier molecular flexibility index (Phi) is 3.82. The summed E-state index contributed by atoms with van der Waals surface area (Å²) in [7, 11) is 0. The molecule has 18 heavy (non-hydrogen) atoms. The summed E-state index contributed by atoms with van der Waals surface area (Å²) in [6.45, 7) is 3.82. The van der Waals surface area contributed by atoms with E-state index in [-0.39, 0.29) is 11.7 Å². The van der Waals surface area contributed by atoms with Crippen molar-refractivity contribution < 1.29 is 9.90 Å². The van der Waals surface area contributed by atoms with E-state index in [1.165, 1.54) is 0 Å². The minimum atomic E-state index is -0.904. The van der Waals surface area contributed by atoms with Crippen LogP contribution in [0.2, 0.25) is 0 Å². The molecule has 2 N–H and O–H groups in total. The van der Waals surface area contributed by atoms with Gasteiger partial charge in [-0.15, -0.1) is 0 Å². The third-order valence-electron chi connectivity index (χ3n) is 3.51. The lowest BCUT2D eigenvalue weighted by atomic mass is 9.95. The second-order valence-corrected chi connectivity index (χ2v) is 4.79. The Morgan fingerprint density at radius 3 is 2.83 bits per heavy atom. The molecule has 1 aromatic carbocycles. The lowest BCUT2D eigenvalue weighted by molar-refractivity contribution is -0.130. The van der Waals surface area contributed by atoms with Crippen molar-refractivity contribution in [1.82, 2.24) is 4.98 Å². The van der Waals surface area contributed by atoms with E-state index >= 15 is 0 Å². The zero-order chi connectivity index (χ0) is 13.1. The highest BCUT2D eigenvalue weighted by Gasteiger charge is 2.21. The smallest absolute Gasteiger partial charge is 0.164 e. The number of ketones is 1. The number of carbonyl (C=O) groups is 1. The SMILES string of the molecule is CCC(C)C(=O)[C@@H](O)Cc1c[nH]c2ccccc12. The molecule has 2 aromatic rings. The topological polar surface area (TPSA) is 53.1 Å². The Morgan fingerprint density at radius 2 is 2.11 bits per heavy atom. The molecule has 0 fully saturated rings. The molecule has 3 heteroatoms. The van der Waals surface area contributed by atoms with Crippen LogP contribution in [0.25, 0.3) is 10.9 Å². The number of fused-ring (bicyclic) bond motifs is 1. The van der Waals surface area contributed by atoms with E-state index in [0.29, 0.717) is 6.42 Å². The van der Waals surface area contributed by atoms with Gasteiger partial charge in [0.2, 0.25) is 0 Å². The standard InChI is InChI=1S/C15H19NO2/c1-3-10(2)15(18)14(17)8-11-9-16-13-7-5-4-6-12(11)13/h4-7,9-10,14,16-17H,3,8H2,1-2H3/t10?,14-/m0/s1. The molecule has 0 saturated heterocycles. The summed E-state index contributed by atoms with van der Waals surface area (Å²) in [5.74, 6) is -0.145. The van der Waals surface area contributed by atoms with E-state index in [0.717, 1.165) is 22.9 Å². The van der Waals surface area contributed by atoms with Gasteiger partial charge in [-0.3, -0.25) is 4.79 Å². The highest BCUT2D eigenvalue weighted by Crippen LogP contribution is 2.20. The van der Waals surface area contributed by atoms with Gasteiger partial charge in [-0.05, 0) is 18.1 Å². The average molecular weight is 245 g/mol. The van der Waals surface area contributed by atoms with E-state index in [2.05, 4.69) is 4.98 Å². The number of aromatic amines is 1. The molecule has 2 atom stereocenters. The molecule has 96 valence electrons. The summed E-state index contributed by atoms with van der Waals surface area (Å²) in [6.07, 6.45) is 2.12. The second-order valence-electron chi connectivity index (χ2n) is 4.79. The molecular weight excluding hydrogens is 226 g/mol. The van der Waals surface area contributed by atoms with Crippen LogP contribution < -0.4 is 0 Å². The zero-order valence-corrected chi connectivity index (χ0v) is 10.8. The number of carbonyl (C=O) groups excluding carboxylic acids is 1. The van der Waals surface area contributed by atoms with Crippen LogP contribution >= 0.6 is 0 Å². The van der Waals surface area contributed by atoms with E-state index < -0.39 is 6.10 Å². The van der Waals surface area contributed by atoms with Crippen LogP contribution in [0.1, 0.15) is 25.8 Å². The molecule has 0 radical (unpaired) electrons. The number of hydrogen-bond acceptors (Lipinski definition) is 2. The molecule has 0 aliphatic heterocycles. The first-order valence-corrected chi connectivity index (χ1v) is 6.40. The molecule has 2 rings (SSSR count). The van der Waals surface area contributed by atoms with Gasteiger partial charge >= 0.3 is 0 Å². The van der Waals surface area contributed by atoms with E-state index in [9.17, 15) is 9.90 Å². The molecule has 0 saturated carbocycles. The van der Waals surface area contributed by atoms with Crippen LogP contribution in [-0.2, 0) is 11.2 Å². The number of nitrogens with one attached hydrogen (secondary N) is 1. The molecule has 3 nitrogen and oxygen atoms in total. The maximum Gasteiger partial charge on any atom is 0.164 e. The summed E-state index contributed by atoms with van der Waals surface area (Å²) < 4.78 is 0. The maximum absolute atomic E-state index is 11.9. The molecule has 0 aliphatic carbocycles. The monoisotopic (exact) mass is 245 g/mol. The van der Waals surface area contributed by atoms with Crippen molar-refractivity contribution in [2.45, 2.75) is 32.8 Å². The number of para-hydroxylation sites is 1. The van der Waals surface area contributed by atoms with Gasteiger partial charge in [-0.1, -0.05) is 32.0 Å². The van der Waals surface area contributed by atoms with Gasteiger partial charge in [0.05, 0.1) is 0 Å². The van der Waals surface area contributed by atoms with Gasteiger partial charge in [0, 0.05) is 29.4 Å². The number of aliphatic hydroxyl groups excluding tert-OH is 1. The van der Waals surface area contributed by atoms with Gasteiger partial charge in [-0.2, -0.15) is 0 Å². The first kappa shape index (κ1) is 12.8. The molecule has 0 bridgehead atoms. The number of hydrogen-bond donors (Lipinski definition) is 2. The van der Waals surface area contributed by atoms with Crippen LogP contribution in [0.4, 0.5) is 0 Å². The van der Waals surface area contributed by atoms with Crippen molar-refractivity contribution in [3.05, 3.63) is 36.0 Å². The van der Waals surface area contributed by atoms with Crippen molar-refractivity contribution in [2.24, 2.45) is 5.92 Å². The molecule has 0 aliphatic rings. The van der Waals surface area contributed by atoms with E-state index in [1.807, 2.05) is 44.3 Å². The van der Waals surface area contributed by atoms with Gasteiger partial charge in [0.1, 0.15) is 6.10 Å². The van der Waals surface area contributed by atoms with Crippen molar-refractivity contribution in [1.29, 1.82) is 0 Å². The molecule has 1 heterocycles. The Labute approximate surface area is 107 Å². The lowest BCUT2D eigenvalue weighted by Gasteiger charge is -2.13. The Hall–Kier alpha value is -1.61.